The van der Waals surface area contributed by atoms with Gasteiger partial charge in [0.15, 0.2) is 0 Å². The van der Waals surface area contributed by atoms with Gasteiger partial charge in [0.25, 0.3) is 5.91 Å². The number of hydrogen-bond acceptors (Lipinski definition) is 3. The lowest BCUT2D eigenvalue weighted by Gasteiger charge is -2.08. The number of pyridine rings is 1. The van der Waals surface area contributed by atoms with Crippen molar-refractivity contribution in [1.29, 1.82) is 0 Å². The van der Waals surface area contributed by atoms with Gasteiger partial charge in [-0.25, -0.2) is 9.37 Å². The third-order valence-electron chi connectivity index (χ3n) is 3.23. The molecule has 0 fully saturated rings. The van der Waals surface area contributed by atoms with Crippen LogP contribution in [0.3, 0.4) is 0 Å². The molecule has 0 saturated heterocycles. The van der Waals surface area contributed by atoms with Crippen LogP contribution in [-0.2, 0) is 0 Å². The minimum atomic E-state index is -0.353. The van der Waals surface area contributed by atoms with Crippen molar-refractivity contribution in [3.63, 3.8) is 0 Å². The molecule has 2 aromatic carbocycles. The van der Waals surface area contributed by atoms with Crippen LogP contribution >= 0.6 is 15.9 Å². The van der Waals surface area contributed by atoms with Crippen molar-refractivity contribution >= 4 is 38.9 Å². The predicted octanol–water partition coefficient (Wildman–Crippen LogP) is 4.98. The Hall–Kier alpha value is -2.73. The quantitative estimate of drug-likeness (QED) is 0.665. The number of benzene rings is 2. The lowest BCUT2D eigenvalue weighted by atomic mass is 10.2. The van der Waals surface area contributed by atoms with E-state index >= 15 is 0 Å². The van der Waals surface area contributed by atoms with Crippen LogP contribution in [0.4, 0.5) is 21.5 Å². The summed E-state index contributed by atoms with van der Waals surface area (Å²) in [6.07, 6.45) is 1.49. The number of para-hydroxylation sites is 1. The average Bonchev–Trinajstić information content (AvgIpc) is 2.57. The first-order valence-electron chi connectivity index (χ1n) is 7.16. The fourth-order valence-corrected chi connectivity index (χ4v) is 2.48. The molecule has 6 heteroatoms. The monoisotopic (exact) mass is 385 g/mol. The molecule has 0 unspecified atom stereocenters. The van der Waals surface area contributed by atoms with Crippen LogP contribution in [0.5, 0.6) is 0 Å². The summed E-state index contributed by atoms with van der Waals surface area (Å²) in [4.78, 5) is 16.3. The number of nitrogens with zero attached hydrogens (tertiary/aromatic N) is 1. The van der Waals surface area contributed by atoms with E-state index < -0.39 is 0 Å². The van der Waals surface area contributed by atoms with E-state index in [2.05, 4.69) is 31.5 Å². The number of carbonyl (C=O) groups is 1. The molecule has 0 atom stereocenters. The van der Waals surface area contributed by atoms with Crippen LogP contribution < -0.4 is 10.6 Å². The van der Waals surface area contributed by atoms with Crippen molar-refractivity contribution in [2.45, 2.75) is 0 Å². The van der Waals surface area contributed by atoms with Gasteiger partial charge in [0.05, 0.1) is 17.6 Å². The molecule has 120 valence electrons. The van der Waals surface area contributed by atoms with Crippen molar-refractivity contribution < 1.29 is 9.18 Å². The van der Waals surface area contributed by atoms with Crippen LogP contribution in [0, 0.1) is 5.82 Å². The summed E-state index contributed by atoms with van der Waals surface area (Å²) in [5, 5.41) is 5.69. The minimum Gasteiger partial charge on any atom is -0.352 e. The molecular formula is C18H13BrFN3O. The maximum Gasteiger partial charge on any atom is 0.274 e. The van der Waals surface area contributed by atoms with Gasteiger partial charge in [-0.05, 0) is 42.5 Å². The molecule has 1 aromatic heterocycles. The van der Waals surface area contributed by atoms with Gasteiger partial charge < -0.3 is 10.6 Å². The fraction of sp³-hybridized carbons (Fsp3) is 0. The zero-order valence-corrected chi connectivity index (χ0v) is 14.0. The molecule has 0 radical (unpaired) electrons. The van der Waals surface area contributed by atoms with E-state index in [1.165, 1.54) is 12.3 Å². The van der Waals surface area contributed by atoms with Gasteiger partial charge in [-0.3, -0.25) is 4.79 Å². The van der Waals surface area contributed by atoms with Crippen molar-refractivity contribution in [2.24, 2.45) is 0 Å². The molecule has 0 bridgehead atoms. The SMILES string of the molecule is O=C(Nc1cccc(Br)c1)c1ccc(Nc2ccccc2F)cn1. The average molecular weight is 386 g/mol. The first-order valence-corrected chi connectivity index (χ1v) is 7.95. The summed E-state index contributed by atoms with van der Waals surface area (Å²) in [6.45, 7) is 0. The standard InChI is InChI=1S/C18H13BrFN3O/c19-12-4-3-5-13(10-12)23-18(24)17-9-8-14(11-21-17)22-16-7-2-1-6-15(16)20/h1-11,22H,(H,23,24). The van der Waals surface area contributed by atoms with Crippen LogP contribution in [0.15, 0.2) is 71.3 Å². The van der Waals surface area contributed by atoms with E-state index in [0.717, 1.165) is 4.47 Å². The minimum absolute atomic E-state index is 0.272. The molecular weight excluding hydrogens is 373 g/mol. The molecule has 0 aliphatic heterocycles. The fourth-order valence-electron chi connectivity index (χ4n) is 2.08. The number of rotatable bonds is 4. The molecule has 4 nitrogen and oxygen atoms in total. The van der Waals surface area contributed by atoms with Gasteiger partial charge in [-0.1, -0.05) is 34.1 Å². The third kappa shape index (κ3) is 3.97. The van der Waals surface area contributed by atoms with E-state index in [0.29, 0.717) is 17.1 Å². The Kier molecular flexibility index (Phi) is 4.86. The number of halogens is 2. The van der Waals surface area contributed by atoms with Crippen molar-refractivity contribution in [3.05, 3.63) is 82.8 Å². The number of anilines is 3. The Morgan fingerprint density at radius 3 is 2.54 bits per heavy atom. The zero-order chi connectivity index (χ0) is 16.9. The summed E-state index contributed by atoms with van der Waals surface area (Å²) < 4.78 is 14.5. The first-order chi connectivity index (χ1) is 11.6. The highest BCUT2D eigenvalue weighted by Crippen LogP contribution is 2.20. The van der Waals surface area contributed by atoms with E-state index in [1.54, 1.807) is 42.5 Å². The molecule has 0 spiro atoms. The van der Waals surface area contributed by atoms with E-state index in [9.17, 15) is 9.18 Å². The number of aromatic nitrogens is 1. The van der Waals surface area contributed by atoms with Crippen LogP contribution in [-0.4, -0.2) is 10.9 Å². The molecule has 1 amide bonds. The summed E-state index contributed by atoms with van der Waals surface area (Å²) in [6, 6.07) is 16.9. The van der Waals surface area contributed by atoms with Crippen LogP contribution in [0.1, 0.15) is 10.5 Å². The van der Waals surface area contributed by atoms with Gasteiger partial charge >= 0.3 is 0 Å². The van der Waals surface area contributed by atoms with Crippen LogP contribution in [0.25, 0.3) is 0 Å². The van der Waals surface area contributed by atoms with Gasteiger partial charge in [-0.15, -0.1) is 0 Å². The second-order valence-corrected chi connectivity index (χ2v) is 5.92. The highest BCUT2D eigenvalue weighted by molar-refractivity contribution is 9.10. The van der Waals surface area contributed by atoms with Crippen molar-refractivity contribution in [1.82, 2.24) is 4.98 Å². The summed E-state index contributed by atoms with van der Waals surface area (Å²) in [5.74, 6) is -0.667. The number of amides is 1. The molecule has 3 aromatic rings. The molecule has 1 heterocycles. The topological polar surface area (TPSA) is 54.0 Å². The maximum absolute atomic E-state index is 13.6. The van der Waals surface area contributed by atoms with E-state index in [-0.39, 0.29) is 17.4 Å². The maximum atomic E-state index is 13.6. The first kappa shape index (κ1) is 16.1. The highest BCUT2D eigenvalue weighted by Gasteiger charge is 2.08. The van der Waals surface area contributed by atoms with Gasteiger partial charge in [0, 0.05) is 10.2 Å². The zero-order valence-electron chi connectivity index (χ0n) is 12.5. The summed E-state index contributed by atoms with van der Waals surface area (Å²) >= 11 is 3.35. The summed E-state index contributed by atoms with van der Waals surface area (Å²) in [7, 11) is 0. The normalized spacial score (nSPS) is 10.2. The molecule has 0 saturated carbocycles. The highest BCUT2D eigenvalue weighted by atomic mass is 79.9. The number of hydrogen-bond donors (Lipinski definition) is 2. The molecule has 0 aliphatic rings. The smallest absolute Gasteiger partial charge is 0.274 e. The molecule has 24 heavy (non-hydrogen) atoms. The summed E-state index contributed by atoms with van der Waals surface area (Å²) in [5.41, 5.74) is 1.89. The van der Waals surface area contributed by atoms with Gasteiger partial charge in [0.2, 0.25) is 0 Å². The molecule has 2 N–H and O–H groups in total. The lowest BCUT2D eigenvalue weighted by Crippen LogP contribution is -2.13. The Morgan fingerprint density at radius 2 is 1.83 bits per heavy atom. The largest absolute Gasteiger partial charge is 0.352 e. The van der Waals surface area contributed by atoms with Gasteiger partial charge in [0.1, 0.15) is 11.5 Å². The Morgan fingerprint density at radius 1 is 1.00 bits per heavy atom. The molecule has 3 rings (SSSR count). The Bertz CT molecular complexity index is 868. The van der Waals surface area contributed by atoms with Crippen molar-refractivity contribution in [3.8, 4) is 0 Å². The van der Waals surface area contributed by atoms with E-state index in [1.807, 2.05) is 12.1 Å². The van der Waals surface area contributed by atoms with Crippen LogP contribution in [0.2, 0.25) is 0 Å². The lowest BCUT2D eigenvalue weighted by molar-refractivity contribution is 0.102. The van der Waals surface area contributed by atoms with Crippen molar-refractivity contribution in [2.75, 3.05) is 10.6 Å². The Labute approximate surface area is 146 Å². The number of carbonyl (C=O) groups excluding carboxylic acids is 1. The van der Waals surface area contributed by atoms with E-state index in [4.69, 9.17) is 0 Å². The second kappa shape index (κ2) is 7.23. The molecule has 0 aliphatic carbocycles. The Balaban J connectivity index is 1.70. The number of nitrogens with one attached hydrogen (secondary N) is 2. The third-order valence-corrected chi connectivity index (χ3v) is 3.72. The second-order valence-electron chi connectivity index (χ2n) is 5.00. The predicted molar refractivity (Wildman–Crippen MR) is 96.0 cm³/mol. The van der Waals surface area contributed by atoms with Gasteiger partial charge in [-0.2, -0.15) is 0 Å².